The highest BCUT2D eigenvalue weighted by atomic mass is 32.2. The van der Waals surface area contributed by atoms with Crippen LogP contribution in [0.15, 0.2) is 29.3 Å². The van der Waals surface area contributed by atoms with E-state index in [-0.39, 0.29) is 11.8 Å². The van der Waals surface area contributed by atoms with Gasteiger partial charge in [-0.15, -0.1) is 11.8 Å². The summed E-state index contributed by atoms with van der Waals surface area (Å²) in [6.07, 6.45) is 2.72. The molecule has 0 unspecified atom stereocenters. The average Bonchev–Trinajstić information content (AvgIpc) is 2.74. The minimum atomic E-state index is -4.50. The average molecular weight is 481 g/mol. The van der Waals surface area contributed by atoms with Crippen LogP contribution >= 0.6 is 11.8 Å². The van der Waals surface area contributed by atoms with Crippen molar-refractivity contribution in [2.45, 2.75) is 83.0 Å². The van der Waals surface area contributed by atoms with Gasteiger partial charge in [-0.05, 0) is 69.2 Å². The molecule has 33 heavy (non-hydrogen) atoms. The van der Waals surface area contributed by atoms with Gasteiger partial charge in [-0.1, -0.05) is 26.7 Å². The number of nitrogens with zero attached hydrogens (tertiary/aromatic N) is 3. The second kappa shape index (κ2) is 10.5. The van der Waals surface area contributed by atoms with Crippen molar-refractivity contribution >= 4 is 29.2 Å². The van der Waals surface area contributed by atoms with Crippen molar-refractivity contribution in [2.24, 2.45) is 5.41 Å². The first-order chi connectivity index (χ1) is 15.6. The summed E-state index contributed by atoms with van der Waals surface area (Å²) in [5, 5.41) is 3.77. The van der Waals surface area contributed by atoms with Gasteiger partial charge in [0.25, 0.3) is 0 Å². The predicted molar refractivity (Wildman–Crippen MR) is 132 cm³/mol. The molecule has 3 rings (SSSR count). The fourth-order valence-electron chi connectivity index (χ4n) is 4.75. The van der Waals surface area contributed by atoms with Crippen molar-refractivity contribution < 1.29 is 13.2 Å². The zero-order valence-corrected chi connectivity index (χ0v) is 21.0. The van der Waals surface area contributed by atoms with Gasteiger partial charge in [0.15, 0.2) is 0 Å². The smallest absolute Gasteiger partial charge is 0.357 e. The minimum Gasteiger partial charge on any atom is -0.357 e. The number of aromatic nitrogens is 2. The Hall–Kier alpha value is -1.96. The van der Waals surface area contributed by atoms with Crippen LogP contribution in [0.1, 0.15) is 70.9 Å². The van der Waals surface area contributed by atoms with E-state index in [1.165, 1.54) is 37.0 Å². The lowest BCUT2D eigenvalue weighted by Gasteiger charge is -2.47. The zero-order chi connectivity index (χ0) is 24.2. The van der Waals surface area contributed by atoms with Gasteiger partial charge in [0.2, 0.25) is 5.95 Å². The summed E-state index contributed by atoms with van der Waals surface area (Å²) < 4.78 is 40.4. The minimum absolute atomic E-state index is 0.0914. The number of anilines is 3. The van der Waals surface area contributed by atoms with E-state index in [1.54, 1.807) is 4.90 Å². The van der Waals surface area contributed by atoms with Crippen molar-refractivity contribution in [3.8, 4) is 0 Å². The quantitative estimate of drug-likeness (QED) is 0.375. The summed E-state index contributed by atoms with van der Waals surface area (Å²) in [6.45, 7) is 11.0. The lowest BCUT2D eigenvalue weighted by Crippen LogP contribution is -2.38. The maximum absolute atomic E-state index is 13.5. The number of halogens is 3. The highest BCUT2D eigenvalue weighted by Crippen LogP contribution is 2.53. The van der Waals surface area contributed by atoms with E-state index in [0.29, 0.717) is 23.8 Å². The molecule has 0 aliphatic heterocycles. The summed E-state index contributed by atoms with van der Waals surface area (Å²) >= 11 is 1.93. The normalized spacial score (nSPS) is 20.4. The SMILES string of the molecule is CCCC1(CC)CC(Sc2ccc(Nc3ncc(C(F)(F)F)c(N(CC)CC)n3)c(C)c2)C1. The molecule has 0 saturated heterocycles. The Kier molecular flexibility index (Phi) is 8.19. The van der Waals surface area contributed by atoms with Gasteiger partial charge in [0.1, 0.15) is 11.4 Å². The molecule has 0 amide bonds. The van der Waals surface area contributed by atoms with Crippen LogP contribution in [0.3, 0.4) is 0 Å². The largest absolute Gasteiger partial charge is 0.421 e. The monoisotopic (exact) mass is 480 g/mol. The molecule has 2 aromatic rings. The first kappa shape index (κ1) is 25.7. The fourth-order valence-corrected chi connectivity index (χ4v) is 6.40. The number of aryl methyl sites for hydroxylation is 1. The van der Waals surface area contributed by atoms with E-state index in [1.807, 2.05) is 38.6 Å². The van der Waals surface area contributed by atoms with Gasteiger partial charge in [-0.25, -0.2) is 4.98 Å². The molecule has 0 atom stereocenters. The van der Waals surface area contributed by atoms with Crippen LogP contribution in [0.5, 0.6) is 0 Å². The maximum atomic E-state index is 13.5. The van der Waals surface area contributed by atoms with Gasteiger partial charge >= 0.3 is 6.18 Å². The topological polar surface area (TPSA) is 41.1 Å². The Morgan fingerprint density at radius 1 is 1.15 bits per heavy atom. The molecule has 1 aromatic heterocycles. The highest BCUT2D eigenvalue weighted by Gasteiger charge is 2.42. The Morgan fingerprint density at radius 2 is 1.85 bits per heavy atom. The van der Waals surface area contributed by atoms with Crippen LogP contribution in [-0.2, 0) is 6.18 Å². The molecular formula is C25H35F3N4S. The number of alkyl halides is 3. The first-order valence-electron chi connectivity index (χ1n) is 11.9. The van der Waals surface area contributed by atoms with Crippen molar-refractivity contribution in [1.29, 1.82) is 0 Å². The van der Waals surface area contributed by atoms with Crippen molar-refractivity contribution in [3.05, 3.63) is 35.5 Å². The van der Waals surface area contributed by atoms with E-state index in [9.17, 15) is 13.2 Å². The number of benzene rings is 1. The molecule has 0 bridgehead atoms. The van der Waals surface area contributed by atoms with E-state index in [2.05, 4.69) is 41.3 Å². The molecule has 1 N–H and O–H groups in total. The molecular weight excluding hydrogens is 445 g/mol. The summed E-state index contributed by atoms with van der Waals surface area (Å²) in [5.41, 5.74) is 1.53. The first-order valence-corrected chi connectivity index (χ1v) is 12.8. The second-order valence-electron chi connectivity index (χ2n) is 8.95. The molecule has 4 nitrogen and oxygen atoms in total. The van der Waals surface area contributed by atoms with Crippen LogP contribution in [0.2, 0.25) is 0 Å². The molecule has 0 radical (unpaired) electrons. The highest BCUT2D eigenvalue weighted by molar-refractivity contribution is 8.00. The van der Waals surface area contributed by atoms with E-state index < -0.39 is 11.7 Å². The van der Waals surface area contributed by atoms with E-state index >= 15 is 0 Å². The fraction of sp³-hybridized carbons (Fsp3) is 0.600. The van der Waals surface area contributed by atoms with E-state index in [0.717, 1.165) is 17.4 Å². The molecule has 1 fully saturated rings. The standard InChI is InChI=1S/C25H35F3N4S/c1-6-12-24(7-2)14-19(15-24)33-18-10-11-21(17(5)13-18)30-23-29-16-20(25(26,27)28)22(31-23)32(8-3)9-4/h10-11,13,16,19H,6-9,12,14-15H2,1-5H3,(H,29,30,31). The van der Waals surface area contributed by atoms with Crippen molar-refractivity contribution in [1.82, 2.24) is 9.97 Å². The van der Waals surface area contributed by atoms with Crippen molar-refractivity contribution in [2.75, 3.05) is 23.3 Å². The van der Waals surface area contributed by atoms with Gasteiger partial charge in [-0.3, -0.25) is 0 Å². The predicted octanol–water partition coefficient (Wildman–Crippen LogP) is 7.84. The summed E-state index contributed by atoms with van der Waals surface area (Å²) in [7, 11) is 0. The lowest BCUT2D eigenvalue weighted by atomic mass is 9.64. The van der Waals surface area contributed by atoms with Gasteiger partial charge < -0.3 is 10.2 Å². The number of rotatable bonds is 10. The van der Waals surface area contributed by atoms with Crippen LogP contribution in [0.4, 0.5) is 30.6 Å². The second-order valence-corrected chi connectivity index (χ2v) is 10.3. The van der Waals surface area contributed by atoms with Crippen LogP contribution in [-0.4, -0.2) is 28.3 Å². The van der Waals surface area contributed by atoms with Crippen LogP contribution < -0.4 is 10.2 Å². The number of hydrogen-bond donors (Lipinski definition) is 1. The summed E-state index contributed by atoms with van der Waals surface area (Å²) in [6, 6.07) is 6.17. The molecule has 182 valence electrons. The molecule has 1 saturated carbocycles. The Bertz CT molecular complexity index is 938. The van der Waals surface area contributed by atoms with Gasteiger partial charge in [0, 0.05) is 35.1 Å². The maximum Gasteiger partial charge on any atom is 0.421 e. The third-order valence-electron chi connectivity index (χ3n) is 6.74. The van der Waals surface area contributed by atoms with Gasteiger partial charge in [0.05, 0.1) is 0 Å². The Labute approximate surface area is 199 Å². The molecule has 8 heteroatoms. The number of thioether (sulfide) groups is 1. The van der Waals surface area contributed by atoms with E-state index in [4.69, 9.17) is 0 Å². The Morgan fingerprint density at radius 3 is 2.39 bits per heavy atom. The lowest BCUT2D eigenvalue weighted by molar-refractivity contribution is -0.137. The van der Waals surface area contributed by atoms with Gasteiger partial charge in [-0.2, -0.15) is 18.2 Å². The third kappa shape index (κ3) is 5.94. The number of nitrogens with one attached hydrogen (secondary N) is 1. The number of hydrogen-bond acceptors (Lipinski definition) is 5. The molecule has 1 aliphatic rings. The van der Waals surface area contributed by atoms with Crippen LogP contribution in [0.25, 0.3) is 0 Å². The summed E-state index contributed by atoms with van der Waals surface area (Å²) in [4.78, 5) is 11.0. The molecule has 1 aromatic carbocycles. The zero-order valence-electron chi connectivity index (χ0n) is 20.2. The van der Waals surface area contributed by atoms with Crippen LogP contribution in [0, 0.1) is 12.3 Å². The molecule has 1 heterocycles. The van der Waals surface area contributed by atoms with Crippen molar-refractivity contribution in [3.63, 3.8) is 0 Å². The Balaban J connectivity index is 1.73. The third-order valence-corrected chi connectivity index (χ3v) is 7.93. The summed E-state index contributed by atoms with van der Waals surface area (Å²) in [5.74, 6) is 0.0750. The molecule has 1 aliphatic carbocycles. The molecule has 0 spiro atoms.